The van der Waals surface area contributed by atoms with E-state index < -0.39 is 0 Å². The fourth-order valence-electron chi connectivity index (χ4n) is 2.34. The molecule has 0 heterocycles. The van der Waals surface area contributed by atoms with Crippen LogP contribution in [0.3, 0.4) is 0 Å². The van der Waals surface area contributed by atoms with Crippen LogP contribution >= 0.6 is 11.6 Å². The molecule has 0 aliphatic heterocycles. The molecule has 0 spiro atoms. The molecule has 0 atom stereocenters. The highest BCUT2D eigenvalue weighted by molar-refractivity contribution is 6.33. The molecule has 2 nitrogen and oxygen atoms in total. The summed E-state index contributed by atoms with van der Waals surface area (Å²) in [6, 6.07) is 14.8. The van der Waals surface area contributed by atoms with Gasteiger partial charge in [0.05, 0.1) is 10.7 Å². The number of hydrogen-bond acceptors (Lipinski definition) is 2. The molecule has 0 unspecified atom stereocenters. The van der Waals surface area contributed by atoms with E-state index in [1.54, 1.807) is 0 Å². The second-order valence-corrected chi connectivity index (χ2v) is 5.57. The Kier molecular flexibility index (Phi) is 5.05. The predicted octanol–water partition coefficient (Wildman–Crippen LogP) is 4.00. The van der Waals surface area contributed by atoms with Crippen LogP contribution in [0.2, 0.25) is 5.02 Å². The highest BCUT2D eigenvalue weighted by Crippen LogP contribution is 2.27. The molecule has 106 valence electrons. The van der Waals surface area contributed by atoms with Crippen LogP contribution in [-0.2, 0) is 13.1 Å². The summed E-state index contributed by atoms with van der Waals surface area (Å²) < 4.78 is 0. The van der Waals surface area contributed by atoms with Crippen LogP contribution < -0.4 is 10.2 Å². The second kappa shape index (κ2) is 6.78. The first-order valence-corrected chi connectivity index (χ1v) is 7.17. The van der Waals surface area contributed by atoms with E-state index in [1.165, 1.54) is 16.7 Å². The van der Waals surface area contributed by atoms with Crippen molar-refractivity contribution in [2.75, 3.05) is 19.0 Å². The number of nitrogens with zero attached hydrogens (tertiary/aromatic N) is 1. The third-order valence-corrected chi connectivity index (χ3v) is 3.61. The summed E-state index contributed by atoms with van der Waals surface area (Å²) in [6.07, 6.45) is 0. The number of halogens is 1. The number of nitrogens with one attached hydrogen (secondary N) is 1. The number of anilines is 1. The van der Waals surface area contributed by atoms with E-state index in [9.17, 15) is 0 Å². The first-order chi connectivity index (χ1) is 9.60. The average Bonchev–Trinajstić information content (AvgIpc) is 2.39. The standard InChI is InChI=1S/C17H21ClN2/c1-13-5-4-6-15(9-13)12-20(3)17-8-7-14(11-19-2)10-16(17)18/h4-10,19H,11-12H2,1-3H3. The lowest BCUT2D eigenvalue weighted by Crippen LogP contribution is -2.17. The van der Waals surface area contributed by atoms with Gasteiger partial charge in [0, 0.05) is 20.1 Å². The highest BCUT2D eigenvalue weighted by Gasteiger charge is 2.07. The average molecular weight is 289 g/mol. The number of rotatable bonds is 5. The largest absolute Gasteiger partial charge is 0.369 e. The lowest BCUT2D eigenvalue weighted by Gasteiger charge is -2.21. The van der Waals surface area contributed by atoms with E-state index in [-0.39, 0.29) is 0 Å². The van der Waals surface area contributed by atoms with Crippen molar-refractivity contribution in [3.05, 3.63) is 64.2 Å². The number of hydrogen-bond donors (Lipinski definition) is 1. The zero-order chi connectivity index (χ0) is 14.5. The minimum absolute atomic E-state index is 0.799. The van der Waals surface area contributed by atoms with Crippen LogP contribution in [0, 0.1) is 6.92 Å². The number of aryl methyl sites for hydroxylation is 1. The Bertz CT molecular complexity index is 581. The monoisotopic (exact) mass is 288 g/mol. The van der Waals surface area contributed by atoms with Gasteiger partial charge >= 0.3 is 0 Å². The normalized spacial score (nSPS) is 10.6. The molecular weight excluding hydrogens is 268 g/mol. The van der Waals surface area contributed by atoms with Crippen LogP contribution in [0.4, 0.5) is 5.69 Å². The van der Waals surface area contributed by atoms with Gasteiger partial charge in [0.2, 0.25) is 0 Å². The molecule has 2 aromatic rings. The van der Waals surface area contributed by atoms with E-state index in [0.29, 0.717) is 0 Å². The molecule has 0 bridgehead atoms. The van der Waals surface area contributed by atoms with E-state index in [4.69, 9.17) is 11.6 Å². The Morgan fingerprint density at radius 3 is 2.55 bits per heavy atom. The summed E-state index contributed by atoms with van der Waals surface area (Å²) in [5.74, 6) is 0. The van der Waals surface area contributed by atoms with Crippen LogP contribution in [0.5, 0.6) is 0 Å². The molecule has 0 saturated carbocycles. The van der Waals surface area contributed by atoms with E-state index in [2.05, 4.69) is 60.6 Å². The fourth-order valence-corrected chi connectivity index (χ4v) is 2.69. The maximum Gasteiger partial charge on any atom is 0.0642 e. The quantitative estimate of drug-likeness (QED) is 0.894. The van der Waals surface area contributed by atoms with Gasteiger partial charge in [-0.25, -0.2) is 0 Å². The summed E-state index contributed by atoms with van der Waals surface area (Å²) in [5, 5.41) is 3.93. The van der Waals surface area contributed by atoms with Crippen molar-refractivity contribution >= 4 is 17.3 Å². The third-order valence-electron chi connectivity index (χ3n) is 3.31. The Labute approximate surface area is 126 Å². The number of benzene rings is 2. The van der Waals surface area contributed by atoms with E-state index >= 15 is 0 Å². The molecule has 1 N–H and O–H groups in total. The maximum atomic E-state index is 6.39. The molecule has 20 heavy (non-hydrogen) atoms. The summed E-state index contributed by atoms with van der Waals surface area (Å²) in [4.78, 5) is 2.18. The molecule has 0 saturated heterocycles. The fraction of sp³-hybridized carbons (Fsp3) is 0.294. The Balaban J connectivity index is 2.14. The first kappa shape index (κ1) is 14.9. The summed E-state index contributed by atoms with van der Waals surface area (Å²) in [5.41, 5.74) is 4.84. The zero-order valence-corrected chi connectivity index (χ0v) is 13.0. The van der Waals surface area contributed by atoms with Crippen LogP contribution in [-0.4, -0.2) is 14.1 Å². The minimum atomic E-state index is 0.799. The molecule has 0 fully saturated rings. The van der Waals surface area contributed by atoms with E-state index in [0.717, 1.165) is 23.8 Å². The van der Waals surface area contributed by atoms with Gasteiger partial charge in [0.15, 0.2) is 0 Å². The van der Waals surface area contributed by atoms with Gasteiger partial charge in [0.1, 0.15) is 0 Å². The molecule has 0 aromatic heterocycles. The molecule has 0 radical (unpaired) electrons. The minimum Gasteiger partial charge on any atom is -0.369 e. The predicted molar refractivity (Wildman–Crippen MR) is 87.5 cm³/mol. The van der Waals surface area contributed by atoms with Gasteiger partial charge < -0.3 is 10.2 Å². The summed E-state index contributed by atoms with van der Waals surface area (Å²) in [6.45, 7) is 3.80. The highest BCUT2D eigenvalue weighted by atomic mass is 35.5. The molecular formula is C17H21ClN2. The van der Waals surface area contributed by atoms with Crippen molar-refractivity contribution in [3.63, 3.8) is 0 Å². The topological polar surface area (TPSA) is 15.3 Å². The van der Waals surface area contributed by atoms with Crippen molar-refractivity contribution in [2.24, 2.45) is 0 Å². The SMILES string of the molecule is CNCc1ccc(N(C)Cc2cccc(C)c2)c(Cl)c1. The molecule has 0 aliphatic carbocycles. The molecule has 2 aromatic carbocycles. The van der Waals surface area contributed by atoms with Gasteiger partial charge in [-0.3, -0.25) is 0 Å². The Morgan fingerprint density at radius 1 is 1.10 bits per heavy atom. The maximum absolute atomic E-state index is 6.39. The molecule has 2 rings (SSSR count). The Morgan fingerprint density at radius 2 is 1.90 bits per heavy atom. The second-order valence-electron chi connectivity index (χ2n) is 5.16. The van der Waals surface area contributed by atoms with Crippen molar-refractivity contribution in [2.45, 2.75) is 20.0 Å². The molecule has 3 heteroatoms. The van der Waals surface area contributed by atoms with Gasteiger partial charge in [-0.15, -0.1) is 0 Å². The van der Waals surface area contributed by atoms with Gasteiger partial charge in [-0.05, 0) is 37.2 Å². The van der Waals surface area contributed by atoms with Gasteiger partial charge in [-0.2, -0.15) is 0 Å². The lowest BCUT2D eigenvalue weighted by atomic mass is 10.1. The third kappa shape index (κ3) is 3.75. The van der Waals surface area contributed by atoms with Gasteiger partial charge in [0.25, 0.3) is 0 Å². The summed E-state index contributed by atoms with van der Waals surface area (Å²) >= 11 is 6.39. The zero-order valence-electron chi connectivity index (χ0n) is 12.3. The smallest absolute Gasteiger partial charge is 0.0642 e. The van der Waals surface area contributed by atoms with Crippen molar-refractivity contribution in [1.82, 2.24) is 5.32 Å². The van der Waals surface area contributed by atoms with Gasteiger partial charge in [-0.1, -0.05) is 47.5 Å². The first-order valence-electron chi connectivity index (χ1n) is 6.80. The van der Waals surface area contributed by atoms with Crippen molar-refractivity contribution < 1.29 is 0 Å². The van der Waals surface area contributed by atoms with Crippen LogP contribution in [0.25, 0.3) is 0 Å². The molecule has 0 amide bonds. The van der Waals surface area contributed by atoms with Crippen molar-refractivity contribution in [3.8, 4) is 0 Å². The van der Waals surface area contributed by atoms with Crippen molar-refractivity contribution in [1.29, 1.82) is 0 Å². The lowest BCUT2D eigenvalue weighted by molar-refractivity contribution is 0.817. The Hall–Kier alpha value is -1.51. The van der Waals surface area contributed by atoms with Crippen LogP contribution in [0.1, 0.15) is 16.7 Å². The van der Waals surface area contributed by atoms with Crippen LogP contribution in [0.15, 0.2) is 42.5 Å². The molecule has 0 aliphatic rings. The van der Waals surface area contributed by atoms with E-state index in [1.807, 2.05) is 13.1 Å². The summed E-state index contributed by atoms with van der Waals surface area (Å²) in [7, 11) is 4.01.